The van der Waals surface area contributed by atoms with Crippen molar-refractivity contribution in [2.75, 3.05) is 0 Å². The Bertz CT molecular complexity index is 482. The lowest BCUT2D eigenvalue weighted by atomic mass is 10.1. The summed E-state index contributed by atoms with van der Waals surface area (Å²) in [6.45, 7) is 3.48. The Labute approximate surface area is 87.0 Å². The van der Waals surface area contributed by atoms with Gasteiger partial charge in [-0.05, 0) is 0 Å². The summed E-state index contributed by atoms with van der Waals surface area (Å²) in [7, 11) is 1.50. The molecule has 1 rings (SSSR count). The Morgan fingerprint density at radius 3 is 2.40 bits per heavy atom. The fourth-order valence-corrected chi connectivity index (χ4v) is 1.06. The molecule has 0 radical (unpaired) electrons. The zero-order valence-electron chi connectivity index (χ0n) is 9.06. The fourth-order valence-electron chi connectivity index (χ4n) is 1.06. The third kappa shape index (κ3) is 2.43. The second-order valence-electron chi connectivity index (χ2n) is 3.77. The van der Waals surface area contributed by atoms with E-state index in [0.29, 0.717) is 0 Å². The number of nitrogens with zero attached hydrogens (tertiary/aromatic N) is 2. The molecule has 0 fully saturated rings. The molecule has 0 N–H and O–H groups in total. The van der Waals surface area contributed by atoms with Crippen molar-refractivity contribution in [3.8, 4) is 0 Å². The van der Waals surface area contributed by atoms with Gasteiger partial charge in [0.05, 0.1) is 6.54 Å². The van der Waals surface area contributed by atoms with Crippen molar-refractivity contribution >= 4 is 5.78 Å². The molecule has 1 aromatic rings. The molecule has 0 bridgehead atoms. The average molecular weight is 210 g/mol. The predicted octanol–water partition coefficient (Wildman–Crippen LogP) is -0.228. The first-order valence-corrected chi connectivity index (χ1v) is 4.72. The van der Waals surface area contributed by atoms with Gasteiger partial charge >= 0.3 is 11.1 Å². The van der Waals surface area contributed by atoms with Crippen molar-refractivity contribution in [1.82, 2.24) is 9.13 Å². The highest BCUT2D eigenvalue weighted by atomic mass is 16.2. The topological polar surface area (TPSA) is 61.1 Å². The van der Waals surface area contributed by atoms with Gasteiger partial charge in [-0.25, -0.2) is 0 Å². The van der Waals surface area contributed by atoms with Gasteiger partial charge in [-0.15, -0.1) is 0 Å². The summed E-state index contributed by atoms with van der Waals surface area (Å²) in [4.78, 5) is 34.1. The van der Waals surface area contributed by atoms with Crippen molar-refractivity contribution in [2.24, 2.45) is 13.0 Å². The van der Waals surface area contributed by atoms with E-state index in [0.717, 1.165) is 4.57 Å². The summed E-state index contributed by atoms with van der Waals surface area (Å²) in [5, 5.41) is 0. The first-order chi connectivity index (χ1) is 6.93. The van der Waals surface area contributed by atoms with E-state index >= 15 is 0 Å². The molecule has 0 atom stereocenters. The summed E-state index contributed by atoms with van der Waals surface area (Å²) in [6, 6.07) is 0. The van der Waals surface area contributed by atoms with Gasteiger partial charge in [0.15, 0.2) is 5.78 Å². The van der Waals surface area contributed by atoms with E-state index in [-0.39, 0.29) is 18.2 Å². The molecule has 0 aliphatic carbocycles. The van der Waals surface area contributed by atoms with E-state index in [2.05, 4.69) is 0 Å². The van der Waals surface area contributed by atoms with Crippen molar-refractivity contribution in [3.05, 3.63) is 33.1 Å². The van der Waals surface area contributed by atoms with Crippen LogP contribution in [0.4, 0.5) is 0 Å². The maximum Gasteiger partial charge on any atom is 0.316 e. The number of carbonyl (C=O) groups excluding carboxylic acids is 1. The molecule has 15 heavy (non-hydrogen) atoms. The zero-order valence-corrected chi connectivity index (χ0v) is 9.06. The van der Waals surface area contributed by atoms with Crippen LogP contribution in [0.15, 0.2) is 22.0 Å². The third-order valence-electron chi connectivity index (χ3n) is 2.20. The minimum atomic E-state index is -0.658. The molecule has 0 saturated heterocycles. The number of carbonyl (C=O) groups is 1. The van der Waals surface area contributed by atoms with Gasteiger partial charge in [0.2, 0.25) is 0 Å². The number of Topliss-reactive ketones (excluding diaryl/α,β-unsaturated/α-hetero) is 1. The van der Waals surface area contributed by atoms with Gasteiger partial charge in [0, 0.05) is 25.4 Å². The van der Waals surface area contributed by atoms with E-state index in [4.69, 9.17) is 0 Å². The summed E-state index contributed by atoms with van der Waals surface area (Å²) < 4.78 is 2.34. The molecular weight excluding hydrogens is 196 g/mol. The Morgan fingerprint density at radius 2 is 1.87 bits per heavy atom. The Kier molecular flexibility index (Phi) is 3.24. The van der Waals surface area contributed by atoms with Crippen LogP contribution in [0.5, 0.6) is 0 Å². The molecule has 1 heterocycles. The van der Waals surface area contributed by atoms with Crippen LogP contribution >= 0.6 is 0 Å². The van der Waals surface area contributed by atoms with Gasteiger partial charge in [0.25, 0.3) is 0 Å². The fraction of sp³-hybridized carbons (Fsp3) is 0.500. The molecular formula is C10H14N2O3. The maximum atomic E-state index is 11.4. The molecule has 5 nitrogen and oxygen atoms in total. The Morgan fingerprint density at radius 1 is 1.27 bits per heavy atom. The number of hydrogen-bond acceptors (Lipinski definition) is 3. The lowest BCUT2D eigenvalue weighted by Gasteiger charge is -2.07. The van der Waals surface area contributed by atoms with Crippen molar-refractivity contribution in [2.45, 2.75) is 20.4 Å². The highest BCUT2D eigenvalue weighted by Gasteiger charge is 2.10. The van der Waals surface area contributed by atoms with Gasteiger partial charge in [-0.2, -0.15) is 0 Å². The molecule has 0 aliphatic rings. The first kappa shape index (κ1) is 11.4. The largest absolute Gasteiger partial charge is 0.316 e. The quantitative estimate of drug-likeness (QED) is 0.647. The molecule has 1 aromatic heterocycles. The van der Waals surface area contributed by atoms with Crippen LogP contribution in [0.3, 0.4) is 0 Å². The average Bonchev–Trinajstić information content (AvgIpc) is 2.18. The van der Waals surface area contributed by atoms with E-state index in [1.807, 2.05) is 0 Å². The first-order valence-electron chi connectivity index (χ1n) is 4.72. The summed E-state index contributed by atoms with van der Waals surface area (Å²) in [6.07, 6.45) is 2.92. The van der Waals surface area contributed by atoms with E-state index in [9.17, 15) is 14.4 Å². The van der Waals surface area contributed by atoms with Crippen LogP contribution in [-0.2, 0) is 18.4 Å². The Balaban J connectivity index is 3.09. The van der Waals surface area contributed by atoms with Crippen LogP contribution in [0.2, 0.25) is 0 Å². The minimum Gasteiger partial charge on any atom is -0.312 e. The normalized spacial score (nSPS) is 10.7. The molecule has 82 valence electrons. The van der Waals surface area contributed by atoms with Gasteiger partial charge in [-0.1, -0.05) is 13.8 Å². The van der Waals surface area contributed by atoms with Crippen LogP contribution in [0.25, 0.3) is 0 Å². The number of hydrogen-bond donors (Lipinski definition) is 0. The van der Waals surface area contributed by atoms with Crippen LogP contribution in [0.1, 0.15) is 13.8 Å². The monoisotopic (exact) mass is 210 g/mol. The molecule has 0 amide bonds. The number of ketones is 1. The van der Waals surface area contributed by atoms with Crippen molar-refractivity contribution < 1.29 is 4.79 Å². The van der Waals surface area contributed by atoms with E-state index < -0.39 is 11.1 Å². The number of aromatic nitrogens is 2. The highest BCUT2D eigenvalue weighted by Crippen LogP contribution is 1.95. The molecule has 5 heteroatoms. The lowest BCUT2D eigenvalue weighted by Crippen LogP contribution is -2.40. The van der Waals surface area contributed by atoms with Crippen LogP contribution in [0, 0.1) is 5.92 Å². The van der Waals surface area contributed by atoms with E-state index in [1.54, 1.807) is 13.8 Å². The van der Waals surface area contributed by atoms with Crippen LogP contribution < -0.4 is 11.1 Å². The second kappa shape index (κ2) is 4.25. The van der Waals surface area contributed by atoms with Gasteiger partial charge in [0.1, 0.15) is 0 Å². The summed E-state index contributed by atoms with van der Waals surface area (Å²) >= 11 is 0. The molecule has 0 aliphatic heterocycles. The highest BCUT2D eigenvalue weighted by molar-refractivity contribution is 5.80. The summed E-state index contributed by atoms with van der Waals surface area (Å²) in [5.74, 6) is -0.202. The molecule has 0 saturated carbocycles. The lowest BCUT2D eigenvalue weighted by molar-refractivity contribution is -0.122. The maximum absolute atomic E-state index is 11.4. The molecule has 0 spiro atoms. The third-order valence-corrected chi connectivity index (χ3v) is 2.20. The van der Waals surface area contributed by atoms with Crippen molar-refractivity contribution in [3.63, 3.8) is 0 Å². The van der Waals surface area contributed by atoms with Gasteiger partial charge in [-0.3, -0.25) is 14.4 Å². The smallest absolute Gasteiger partial charge is 0.312 e. The van der Waals surface area contributed by atoms with E-state index in [1.165, 1.54) is 24.0 Å². The number of aryl methyl sites for hydroxylation is 1. The molecule has 0 aromatic carbocycles. The van der Waals surface area contributed by atoms with Crippen molar-refractivity contribution in [1.29, 1.82) is 0 Å². The Hall–Kier alpha value is -1.65. The second-order valence-corrected chi connectivity index (χ2v) is 3.77. The standard InChI is InChI=1S/C10H14N2O3/c1-7(2)8(13)6-12-5-4-11(3)9(14)10(12)15/h4-5,7H,6H2,1-3H3. The molecule has 0 unspecified atom stereocenters. The summed E-state index contributed by atoms with van der Waals surface area (Å²) in [5.41, 5.74) is -1.27. The number of rotatable bonds is 3. The minimum absolute atomic E-state index is 0.0351. The SMILES string of the molecule is CC(C)C(=O)Cn1ccn(C)c(=O)c1=O. The van der Waals surface area contributed by atoms with Gasteiger partial charge < -0.3 is 9.13 Å². The zero-order chi connectivity index (χ0) is 11.6. The van der Waals surface area contributed by atoms with Crippen LogP contribution in [-0.4, -0.2) is 14.9 Å². The predicted molar refractivity (Wildman–Crippen MR) is 55.8 cm³/mol.